The molecule has 1 aromatic carbocycles. The van der Waals surface area contributed by atoms with Gasteiger partial charge in [0.15, 0.2) is 0 Å². The van der Waals surface area contributed by atoms with E-state index in [-0.39, 0.29) is 5.92 Å². The van der Waals surface area contributed by atoms with Gasteiger partial charge in [-0.15, -0.1) is 0 Å². The molecule has 1 aromatic rings. The van der Waals surface area contributed by atoms with Crippen molar-refractivity contribution < 1.29 is 4.74 Å². The average molecular weight is 272 g/mol. The molecule has 0 aliphatic heterocycles. The fraction of sp³-hybridized carbons (Fsp3) is 0.588. The number of nitriles is 1. The number of nitrogens with zero attached hydrogens (tertiary/aromatic N) is 1. The van der Waals surface area contributed by atoms with E-state index >= 15 is 0 Å². The van der Waals surface area contributed by atoms with Gasteiger partial charge in [-0.05, 0) is 37.4 Å². The van der Waals surface area contributed by atoms with Crippen molar-refractivity contribution in [1.29, 1.82) is 5.26 Å². The van der Waals surface area contributed by atoms with Gasteiger partial charge in [-0.3, -0.25) is 0 Å². The first kappa shape index (κ1) is 14.9. The maximum atomic E-state index is 9.27. The molecule has 0 bridgehead atoms. The summed E-state index contributed by atoms with van der Waals surface area (Å²) in [5.41, 5.74) is 1.23. The van der Waals surface area contributed by atoms with Gasteiger partial charge in [-0.25, -0.2) is 0 Å². The lowest BCUT2D eigenvalue weighted by atomic mass is 9.96. The van der Waals surface area contributed by atoms with Crippen LogP contribution in [0.2, 0.25) is 0 Å². The van der Waals surface area contributed by atoms with Crippen LogP contribution in [0.1, 0.15) is 37.7 Å². The summed E-state index contributed by atoms with van der Waals surface area (Å²) in [5, 5.41) is 12.9. The predicted octanol–water partition coefficient (Wildman–Crippen LogP) is 3.30. The molecule has 1 aliphatic carbocycles. The van der Waals surface area contributed by atoms with Gasteiger partial charge in [0.2, 0.25) is 0 Å². The van der Waals surface area contributed by atoms with E-state index in [0.717, 1.165) is 31.6 Å². The van der Waals surface area contributed by atoms with Crippen molar-refractivity contribution in [2.24, 2.45) is 5.92 Å². The first-order valence-electron chi connectivity index (χ1n) is 7.60. The first-order valence-corrected chi connectivity index (χ1v) is 7.60. The Morgan fingerprint density at radius 1 is 1.25 bits per heavy atom. The molecule has 3 nitrogen and oxygen atoms in total. The second-order valence-electron chi connectivity index (χ2n) is 5.50. The molecule has 2 rings (SSSR count). The second-order valence-corrected chi connectivity index (χ2v) is 5.50. The maximum Gasteiger partial charge on any atom is 0.122 e. The molecule has 1 fully saturated rings. The topological polar surface area (TPSA) is 45.0 Å². The van der Waals surface area contributed by atoms with Crippen LogP contribution in [0.3, 0.4) is 0 Å². The minimum absolute atomic E-state index is 0.176. The van der Waals surface area contributed by atoms with Crippen molar-refractivity contribution >= 4 is 0 Å². The van der Waals surface area contributed by atoms with Gasteiger partial charge in [0.05, 0.1) is 19.1 Å². The van der Waals surface area contributed by atoms with Gasteiger partial charge in [0.25, 0.3) is 0 Å². The van der Waals surface area contributed by atoms with E-state index in [4.69, 9.17) is 4.74 Å². The van der Waals surface area contributed by atoms with Crippen molar-refractivity contribution in [3.63, 3.8) is 0 Å². The van der Waals surface area contributed by atoms with Crippen LogP contribution in [-0.4, -0.2) is 19.7 Å². The molecule has 1 saturated carbocycles. The zero-order chi connectivity index (χ0) is 14.2. The molecule has 0 heterocycles. The molecule has 108 valence electrons. The smallest absolute Gasteiger partial charge is 0.122 e. The summed E-state index contributed by atoms with van der Waals surface area (Å²) in [4.78, 5) is 0. The van der Waals surface area contributed by atoms with Crippen LogP contribution in [-0.2, 0) is 6.42 Å². The van der Waals surface area contributed by atoms with Crippen molar-refractivity contribution in [2.75, 3.05) is 13.7 Å². The zero-order valence-corrected chi connectivity index (χ0v) is 12.3. The third-order valence-electron chi connectivity index (χ3n) is 4.18. The van der Waals surface area contributed by atoms with Crippen LogP contribution in [0.25, 0.3) is 0 Å². The predicted molar refractivity (Wildman–Crippen MR) is 80.7 cm³/mol. The molecule has 2 atom stereocenters. The summed E-state index contributed by atoms with van der Waals surface area (Å²) < 4.78 is 5.37. The van der Waals surface area contributed by atoms with E-state index in [1.54, 1.807) is 7.11 Å². The standard InChI is InChI=1S/C17H24N2O/c1-20-17-10-6-5-7-14(17)11-12-19-16-9-4-2-3-8-15(16)13-18/h5-7,10,15-16,19H,2-4,8-9,11-12H2,1H3. The Bertz CT molecular complexity index is 453. The summed E-state index contributed by atoms with van der Waals surface area (Å²) in [6, 6.07) is 11.0. The van der Waals surface area contributed by atoms with Gasteiger partial charge >= 0.3 is 0 Å². The van der Waals surface area contributed by atoms with Crippen molar-refractivity contribution in [1.82, 2.24) is 5.32 Å². The number of nitrogens with one attached hydrogen (secondary N) is 1. The summed E-state index contributed by atoms with van der Waals surface area (Å²) in [6.07, 6.45) is 6.82. The number of benzene rings is 1. The Hall–Kier alpha value is -1.53. The van der Waals surface area contributed by atoms with Gasteiger partial charge in [0, 0.05) is 6.04 Å². The Morgan fingerprint density at radius 3 is 2.85 bits per heavy atom. The van der Waals surface area contributed by atoms with Gasteiger partial charge in [-0.2, -0.15) is 5.26 Å². The lowest BCUT2D eigenvalue weighted by Crippen LogP contribution is -2.36. The van der Waals surface area contributed by atoms with Crippen molar-refractivity contribution in [3.8, 4) is 11.8 Å². The lowest BCUT2D eigenvalue weighted by molar-refractivity contribution is 0.390. The molecule has 2 unspecified atom stereocenters. The molecule has 1 N–H and O–H groups in total. The SMILES string of the molecule is COc1ccccc1CCNC1CCCCCC1C#N. The largest absolute Gasteiger partial charge is 0.496 e. The first-order chi connectivity index (χ1) is 9.85. The maximum absolute atomic E-state index is 9.27. The summed E-state index contributed by atoms with van der Waals surface area (Å²) >= 11 is 0. The van der Waals surface area contributed by atoms with Crippen LogP contribution in [0, 0.1) is 17.2 Å². The van der Waals surface area contributed by atoms with Crippen molar-refractivity contribution in [3.05, 3.63) is 29.8 Å². The zero-order valence-electron chi connectivity index (χ0n) is 12.3. The number of hydrogen-bond acceptors (Lipinski definition) is 3. The monoisotopic (exact) mass is 272 g/mol. The molecule has 3 heteroatoms. The average Bonchev–Trinajstić information content (AvgIpc) is 2.72. The summed E-state index contributed by atoms with van der Waals surface area (Å²) in [6.45, 7) is 0.906. The van der Waals surface area contributed by atoms with E-state index in [0.29, 0.717) is 6.04 Å². The molecule has 1 aliphatic rings. The highest BCUT2D eigenvalue weighted by Crippen LogP contribution is 2.23. The Kier molecular flexibility index (Phi) is 5.88. The molecular weight excluding hydrogens is 248 g/mol. The lowest BCUT2D eigenvalue weighted by Gasteiger charge is -2.21. The van der Waals surface area contributed by atoms with Gasteiger partial charge in [-0.1, -0.05) is 37.5 Å². The molecule has 20 heavy (non-hydrogen) atoms. The van der Waals surface area contributed by atoms with Gasteiger partial charge < -0.3 is 10.1 Å². The number of rotatable bonds is 5. The Morgan fingerprint density at radius 2 is 2.05 bits per heavy atom. The summed E-state index contributed by atoms with van der Waals surface area (Å²) in [7, 11) is 1.71. The van der Waals surface area contributed by atoms with Gasteiger partial charge in [0.1, 0.15) is 5.75 Å². The highest BCUT2D eigenvalue weighted by molar-refractivity contribution is 5.33. The minimum Gasteiger partial charge on any atom is -0.496 e. The quantitative estimate of drug-likeness (QED) is 0.836. The van der Waals surface area contributed by atoms with E-state index in [1.165, 1.54) is 24.8 Å². The summed E-state index contributed by atoms with van der Waals surface area (Å²) in [5.74, 6) is 1.13. The van der Waals surface area contributed by atoms with Crippen molar-refractivity contribution in [2.45, 2.75) is 44.6 Å². The Balaban J connectivity index is 1.86. The third kappa shape index (κ3) is 3.98. The van der Waals surface area contributed by atoms with E-state index < -0.39 is 0 Å². The van der Waals surface area contributed by atoms with Crippen LogP contribution < -0.4 is 10.1 Å². The normalized spacial score (nSPS) is 22.8. The number of hydrogen-bond donors (Lipinski definition) is 1. The van der Waals surface area contributed by atoms with Crippen LogP contribution in [0.15, 0.2) is 24.3 Å². The fourth-order valence-corrected chi connectivity index (χ4v) is 3.01. The molecule has 0 spiro atoms. The van der Waals surface area contributed by atoms with Crippen LogP contribution in [0.4, 0.5) is 0 Å². The van der Waals surface area contributed by atoms with E-state index in [2.05, 4.69) is 17.5 Å². The number of ether oxygens (including phenoxy) is 1. The van der Waals surface area contributed by atoms with Crippen LogP contribution in [0.5, 0.6) is 5.75 Å². The van der Waals surface area contributed by atoms with Crippen LogP contribution >= 0.6 is 0 Å². The molecular formula is C17H24N2O. The molecule has 0 radical (unpaired) electrons. The highest BCUT2D eigenvalue weighted by Gasteiger charge is 2.22. The second kappa shape index (κ2) is 7.91. The molecule has 0 saturated heterocycles. The minimum atomic E-state index is 0.176. The van der Waals surface area contributed by atoms with E-state index in [9.17, 15) is 5.26 Å². The number of methoxy groups -OCH3 is 1. The highest BCUT2D eigenvalue weighted by atomic mass is 16.5. The molecule has 0 amide bonds. The fourth-order valence-electron chi connectivity index (χ4n) is 3.01. The third-order valence-corrected chi connectivity index (χ3v) is 4.18. The molecule has 0 aromatic heterocycles. The Labute approximate surface area is 121 Å². The number of para-hydroxylation sites is 1. The van der Waals surface area contributed by atoms with E-state index in [1.807, 2.05) is 18.2 Å².